The van der Waals surface area contributed by atoms with Crippen LogP contribution in [0.2, 0.25) is 0 Å². The molecule has 1 aromatic heterocycles. The number of oxazole rings is 1. The van der Waals surface area contributed by atoms with E-state index in [1.807, 2.05) is 30.3 Å². The quantitative estimate of drug-likeness (QED) is 0.791. The molecule has 1 aromatic carbocycles. The van der Waals surface area contributed by atoms with E-state index in [0.29, 0.717) is 0 Å². The first-order valence-electron chi connectivity index (χ1n) is 5.62. The molecule has 0 radical (unpaired) electrons. The van der Waals surface area contributed by atoms with Gasteiger partial charge in [-0.1, -0.05) is 18.2 Å². The second-order valence-electron chi connectivity index (χ2n) is 4.26. The highest BCUT2D eigenvalue weighted by Gasteiger charge is 2.21. The van der Waals surface area contributed by atoms with Crippen LogP contribution in [0.15, 0.2) is 34.7 Å². The summed E-state index contributed by atoms with van der Waals surface area (Å²) in [6.07, 6.45) is 2.76. The molecule has 1 aliphatic carbocycles. The molecular weight excluding hydrogens is 200 g/mol. The van der Waals surface area contributed by atoms with Crippen molar-refractivity contribution in [2.45, 2.75) is 25.3 Å². The lowest BCUT2D eigenvalue weighted by molar-refractivity contribution is 0.457. The highest BCUT2D eigenvalue weighted by molar-refractivity contribution is 5.53. The van der Waals surface area contributed by atoms with Crippen molar-refractivity contribution in [3.05, 3.63) is 41.8 Å². The molecule has 0 amide bonds. The smallest absolute Gasteiger partial charge is 0.226 e. The number of benzene rings is 1. The van der Waals surface area contributed by atoms with Crippen LogP contribution < -0.4 is 5.73 Å². The molecule has 0 bridgehead atoms. The molecule has 3 nitrogen and oxygen atoms in total. The third-order valence-electron chi connectivity index (χ3n) is 3.00. The number of hydrogen-bond acceptors (Lipinski definition) is 3. The first kappa shape index (κ1) is 9.60. The molecule has 0 aliphatic heterocycles. The van der Waals surface area contributed by atoms with Crippen LogP contribution in [-0.4, -0.2) is 11.0 Å². The molecule has 0 saturated carbocycles. The number of rotatable bonds is 1. The van der Waals surface area contributed by atoms with Gasteiger partial charge in [-0.3, -0.25) is 0 Å². The van der Waals surface area contributed by atoms with Gasteiger partial charge in [0.05, 0.1) is 5.69 Å². The monoisotopic (exact) mass is 214 g/mol. The van der Waals surface area contributed by atoms with Crippen molar-refractivity contribution in [1.29, 1.82) is 0 Å². The Balaban J connectivity index is 1.99. The molecule has 1 heterocycles. The number of nitrogens with two attached hydrogens (primary N) is 1. The van der Waals surface area contributed by atoms with Gasteiger partial charge in [0.25, 0.3) is 0 Å². The van der Waals surface area contributed by atoms with E-state index >= 15 is 0 Å². The number of hydrogen-bond donors (Lipinski definition) is 1. The Hall–Kier alpha value is -1.61. The molecule has 3 rings (SSSR count). The Labute approximate surface area is 94.3 Å². The van der Waals surface area contributed by atoms with E-state index in [4.69, 9.17) is 10.2 Å². The van der Waals surface area contributed by atoms with Crippen molar-refractivity contribution in [2.24, 2.45) is 5.73 Å². The normalized spacial score (nSPS) is 19.4. The fourth-order valence-corrected chi connectivity index (χ4v) is 2.10. The fraction of sp³-hybridized carbons (Fsp3) is 0.308. The Bertz CT molecular complexity index is 490. The molecule has 1 atom stereocenters. The van der Waals surface area contributed by atoms with Gasteiger partial charge < -0.3 is 10.2 Å². The summed E-state index contributed by atoms with van der Waals surface area (Å²) in [6, 6.07) is 10.2. The van der Waals surface area contributed by atoms with Crippen LogP contribution in [0.3, 0.4) is 0 Å². The summed E-state index contributed by atoms with van der Waals surface area (Å²) in [4.78, 5) is 4.53. The topological polar surface area (TPSA) is 52.0 Å². The van der Waals surface area contributed by atoms with E-state index in [-0.39, 0.29) is 6.04 Å². The molecule has 0 fully saturated rings. The van der Waals surface area contributed by atoms with Crippen molar-refractivity contribution in [3.63, 3.8) is 0 Å². The number of aryl methyl sites for hydroxylation is 1. The van der Waals surface area contributed by atoms with E-state index in [9.17, 15) is 0 Å². The average Bonchev–Trinajstić information content (AvgIpc) is 2.73. The van der Waals surface area contributed by atoms with Gasteiger partial charge in [-0.15, -0.1) is 0 Å². The van der Waals surface area contributed by atoms with Gasteiger partial charge in [0.15, 0.2) is 0 Å². The first-order valence-corrected chi connectivity index (χ1v) is 5.62. The molecule has 16 heavy (non-hydrogen) atoms. The molecule has 0 spiro atoms. The van der Waals surface area contributed by atoms with Crippen LogP contribution in [0.4, 0.5) is 0 Å². The summed E-state index contributed by atoms with van der Waals surface area (Å²) in [5.74, 6) is 1.69. The predicted molar refractivity (Wildman–Crippen MR) is 61.9 cm³/mol. The molecule has 2 aromatic rings. The highest BCUT2D eigenvalue weighted by atomic mass is 16.4. The standard InChI is InChI=1S/C13H14N2O/c14-10-6-7-11-12(8-10)16-13(15-11)9-4-2-1-3-5-9/h1-5,10H,6-8,14H2. The zero-order chi connectivity index (χ0) is 11.0. The van der Waals surface area contributed by atoms with E-state index in [1.165, 1.54) is 0 Å². The van der Waals surface area contributed by atoms with Crippen LogP contribution in [0.5, 0.6) is 0 Å². The summed E-state index contributed by atoms with van der Waals surface area (Å²) >= 11 is 0. The van der Waals surface area contributed by atoms with Gasteiger partial charge in [0.1, 0.15) is 5.76 Å². The van der Waals surface area contributed by atoms with E-state index < -0.39 is 0 Å². The second-order valence-corrected chi connectivity index (χ2v) is 4.26. The zero-order valence-electron chi connectivity index (χ0n) is 9.02. The maximum absolute atomic E-state index is 5.91. The van der Waals surface area contributed by atoms with Crippen molar-refractivity contribution in [1.82, 2.24) is 4.98 Å². The van der Waals surface area contributed by atoms with Gasteiger partial charge in [-0.25, -0.2) is 4.98 Å². The lowest BCUT2D eigenvalue weighted by atomic mass is 9.98. The molecule has 2 N–H and O–H groups in total. The van der Waals surface area contributed by atoms with Crippen molar-refractivity contribution < 1.29 is 4.42 Å². The third-order valence-corrected chi connectivity index (χ3v) is 3.00. The number of nitrogens with zero attached hydrogens (tertiary/aromatic N) is 1. The highest BCUT2D eigenvalue weighted by Crippen LogP contribution is 2.26. The lowest BCUT2D eigenvalue weighted by Crippen LogP contribution is -2.27. The minimum Gasteiger partial charge on any atom is -0.441 e. The van der Waals surface area contributed by atoms with E-state index in [0.717, 1.165) is 42.2 Å². The second kappa shape index (κ2) is 3.76. The van der Waals surface area contributed by atoms with Crippen molar-refractivity contribution in [3.8, 4) is 11.5 Å². The fourth-order valence-electron chi connectivity index (χ4n) is 2.10. The van der Waals surface area contributed by atoms with Crippen LogP contribution >= 0.6 is 0 Å². The Kier molecular flexibility index (Phi) is 2.26. The van der Waals surface area contributed by atoms with Crippen molar-refractivity contribution in [2.75, 3.05) is 0 Å². The van der Waals surface area contributed by atoms with Gasteiger partial charge in [0, 0.05) is 18.0 Å². The summed E-state index contributed by atoms with van der Waals surface area (Å²) in [6.45, 7) is 0. The van der Waals surface area contributed by atoms with Gasteiger partial charge in [-0.05, 0) is 25.0 Å². The van der Waals surface area contributed by atoms with Crippen LogP contribution in [0, 0.1) is 0 Å². The lowest BCUT2D eigenvalue weighted by Gasteiger charge is -2.14. The van der Waals surface area contributed by atoms with Crippen molar-refractivity contribution >= 4 is 0 Å². The molecule has 82 valence electrons. The minimum absolute atomic E-state index is 0.226. The van der Waals surface area contributed by atoms with Crippen LogP contribution in [0.25, 0.3) is 11.5 Å². The van der Waals surface area contributed by atoms with E-state index in [2.05, 4.69) is 4.98 Å². The SMILES string of the molecule is NC1CCc2nc(-c3ccccc3)oc2C1. The first-order chi connectivity index (χ1) is 7.83. The Morgan fingerprint density at radius 2 is 2.06 bits per heavy atom. The molecule has 1 aliphatic rings. The van der Waals surface area contributed by atoms with Gasteiger partial charge >= 0.3 is 0 Å². The van der Waals surface area contributed by atoms with Gasteiger partial charge in [0.2, 0.25) is 5.89 Å². The maximum atomic E-state index is 5.91. The van der Waals surface area contributed by atoms with Crippen LogP contribution in [0.1, 0.15) is 17.9 Å². The summed E-state index contributed by atoms with van der Waals surface area (Å²) < 4.78 is 5.77. The summed E-state index contributed by atoms with van der Waals surface area (Å²) in [5, 5.41) is 0. The summed E-state index contributed by atoms with van der Waals surface area (Å²) in [7, 11) is 0. The maximum Gasteiger partial charge on any atom is 0.226 e. The molecule has 1 unspecified atom stereocenters. The third kappa shape index (κ3) is 1.63. The Morgan fingerprint density at radius 3 is 2.88 bits per heavy atom. The largest absolute Gasteiger partial charge is 0.441 e. The van der Waals surface area contributed by atoms with Gasteiger partial charge in [-0.2, -0.15) is 0 Å². The van der Waals surface area contributed by atoms with Crippen LogP contribution in [-0.2, 0) is 12.8 Å². The number of aromatic nitrogens is 1. The molecule has 3 heteroatoms. The Morgan fingerprint density at radius 1 is 1.25 bits per heavy atom. The molecular formula is C13H14N2O. The minimum atomic E-state index is 0.226. The number of fused-ring (bicyclic) bond motifs is 1. The molecule has 0 saturated heterocycles. The summed E-state index contributed by atoms with van der Waals surface area (Å²) in [5.41, 5.74) is 8.03. The zero-order valence-corrected chi connectivity index (χ0v) is 9.02. The van der Waals surface area contributed by atoms with E-state index in [1.54, 1.807) is 0 Å². The predicted octanol–water partition coefficient (Wildman–Crippen LogP) is 2.16. The average molecular weight is 214 g/mol.